The van der Waals surface area contributed by atoms with E-state index in [-0.39, 0.29) is 5.92 Å². The number of hydrogen-bond donors (Lipinski definition) is 0. The Kier molecular flexibility index (Phi) is 2.44. The van der Waals surface area contributed by atoms with E-state index in [1.165, 1.54) is 5.71 Å². The average Bonchev–Trinajstić information content (AvgIpc) is 2.05. The van der Waals surface area contributed by atoms with E-state index in [1.54, 1.807) is 0 Å². The zero-order chi connectivity index (χ0) is 7.40. The first-order valence-electron chi connectivity index (χ1n) is 3.71. The predicted molar refractivity (Wildman–Crippen MR) is 40.9 cm³/mol. The van der Waals surface area contributed by atoms with Crippen LogP contribution in [0.4, 0.5) is 0 Å². The molecule has 1 atom stereocenters. The van der Waals surface area contributed by atoms with Crippen molar-refractivity contribution in [1.29, 1.82) is 5.26 Å². The van der Waals surface area contributed by atoms with Gasteiger partial charge in [-0.15, -0.1) is 0 Å². The summed E-state index contributed by atoms with van der Waals surface area (Å²) in [4.78, 5) is 4.11. The largest absolute Gasteiger partial charge is 0.297 e. The van der Waals surface area contributed by atoms with E-state index < -0.39 is 0 Å². The van der Waals surface area contributed by atoms with Gasteiger partial charge in [0.15, 0.2) is 0 Å². The molecule has 0 aromatic carbocycles. The van der Waals surface area contributed by atoms with Crippen LogP contribution in [-0.4, -0.2) is 12.8 Å². The van der Waals surface area contributed by atoms with Crippen LogP contribution in [0.25, 0.3) is 0 Å². The van der Waals surface area contributed by atoms with Crippen molar-refractivity contribution in [2.75, 3.05) is 7.05 Å². The fourth-order valence-electron chi connectivity index (χ4n) is 1.35. The van der Waals surface area contributed by atoms with Crippen molar-refractivity contribution in [2.45, 2.75) is 25.7 Å². The molecule has 0 spiro atoms. The zero-order valence-electron chi connectivity index (χ0n) is 6.30. The van der Waals surface area contributed by atoms with Gasteiger partial charge in [0.2, 0.25) is 0 Å². The molecule has 0 heterocycles. The van der Waals surface area contributed by atoms with Gasteiger partial charge in [-0.2, -0.15) is 5.26 Å². The molecule has 0 aromatic heterocycles. The number of rotatable bonds is 0. The Hall–Kier alpha value is -0.840. The number of nitriles is 1. The Morgan fingerprint density at radius 3 is 3.10 bits per heavy atom. The van der Waals surface area contributed by atoms with E-state index in [1.807, 2.05) is 7.05 Å². The minimum absolute atomic E-state index is 0.243. The molecule has 1 aliphatic rings. The molecular weight excluding hydrogens is 124 g/mol. The van der Waals surface area contributed by atoms with E-state index in [2.05, 4.69) is 11.1 Å². The molecule has 1 saturated carbocycles. The highest BCUT2D eigenvalue weighted by molar-refractivity contribution is 5.85. The second kappa shape index (κ2) is 3.36. The monoisotopic (exact) mass is 136 g/mol. The molecule has 1 fully saturated rings. The lowest BCUT2D eigenvalue weighted by Gasteiger charge is -2.16. The SMILES string of the molecule is C/N=C1\CCCC(C#N)C1. The molecule has 1 unspecified atom stereocenters. The highest BCUT2D eigenvalue weighted by atomic mass is 14.7. The Bertz CT molecular complexity index is 176. The summed E-state index contributed by atoms with van der Waals surface area (Å²) in [5, 5.41) is 8.60. The maximum absolute atomic E-state index is 8.60. The van der Waals surface area contributed by atoms with Crippen LogP contribution < -0.4 is 0 Å². The average molecular weight is 136 g/mol. The number of nitrogens with zero attached hydrogens (tertiary/aromatic N) is 2. The lowest BCUT2D eigenvalue weighted by molar-refractivity contribution is 0.559. The molecule has 2 heteroatoms. The van der Waals surface area contributed by atoms with Gasteiger partial charge in [0.25, 0.3) is 0 Å². The second-order valence-corrected chi connectivity index (χ2v) is 2.71. The molecule has 0 saturated heterocycles. The van der Waals surface area contributed by atoms with Gasteiger partial charge in [0.1, 0.15) is 0 Å². The van der Waals surface area contributed by atoms with Gasteiger partial charge >= 0.3 is 0 Å². The van der Waals surface area contributed by atoms with E-state index in [0.29, 0.717) is 0 Å². The second-order valence-electron chi connectivity index (χ2n) is 2.71. The van der Waals surface area contributed by atoms with E-state index in [4.69, 9.17) is 5.26 Å². The summed E-state index contributed by atoms with van der Waals surface area (Å²) in [5.41, 5.74) is 1.22. The lowest BCUT2D eigenvalue weighted by Crippen LogP contribution is -2.13. The van der Waals surface area contributed by atoms with Crippen LogP contribution in [0.2, 0.25) is 0 Å². The third-order valence-electron chi connectivity index (χ3n) is 2.00. The van der Waals surface area contributed by atoms with Crippen molar-refractivity contribution in [1.82, 2.24) is 0 Å². The van der Waals surface area contributed by atoms with Crippen molar-refractivity contribution in [3.63, 3.8) is 0 Å². The van der Waals surface area contributed by atoms with Gasteiger partial charge in [-0.25, -0.2) is 0 Å². The Morgan fingerprint density at radius 2 is 2.50 bits per heavy atom. The third kappa shape index (κ3) is 1.57. The predicted octanol–water partition coefficient (Wildman–Crippen LogP) is 1.77. The van der Waals surface area contributed by atoms with E-state index >= 15 is 0 Å². The molecule has 1 rings (SSSR count). The Balaban J connectivity index is 2.49. The van der Waals surface area contributed by atoms with Crippen LogP contribution in [-0.2, 0) is 0 Å². The van der Waals surface area contributed by atoms with Crippen molar-refractivity contribution in [2.24, 2.45) is 10.9 Å². The zero-order valence-corrected chi connectivity index (χ0v) is 6.30. The maximum atomic E-state index is 8.60. The quantitative estimate of drug-likeness (QED) is 0.500. The molecule has 0 aromatic rings. The van der Waals surface area contributed by atoms with Crippen molar-refractivity contribution >= 4 is 5.71 Å². The first kappa shape index (κ1) is 7.27. The molecule has 0 N–H and O–H groups in total. The molecule has 54 valence electrons. The molecular formula is C8H12N2. The van der Waals surface area contributed by atoms with Crippen LogP contribution in [0, 0.1) is 17.2 Å². The fraction of sp³-hybridized carbons (Fsp3) is 0.750. The van der Waals surface area contributed by atoms with Crippen molar-refractivity contribution < 1.29 is 0 Å². The lowest BCUT2D eigenvalue weighted by atomic mass is 9.89. The van der Waals surface area contributed by atoms with E-state index in [0.717, 1.165) is 25.7 Å². The van der Waals surface area contributed by atoms with Crippen molar-refractivity contribution in [3.05, 3.63) is 0 Å². The minimum Gasteiger partial charge on any atom is -0.297 e. The first-order chi connectivity index (χ1) is 4.86. The summed E-state index contributed by atoms with van der Waals surface area (Å²) in [6, 6.07) is 2.29. The van der Waals surface area contributed by atoms with Gasteiger partial charge < -0.3 is 0 Å². The Labute approximate surface area is 61.6 Å². The molecule has 2 nitrogen and oxygen atoms in total. The van der Waals surface area contributed by atoms with E-state index in [9.17, 15) is 0 Å². The Morgan fingerprint density at radius 1 is 1.70 bits per heavy atom. The summed E-state index contributed by atoms with van der Waals surface area (Å²) >= 11 is 0. The standard InChI is InChI=1S/C8H12N2/c1-10-8-4-2-3-7(5-8)6-9/h7H,2-5H2,1H3/b10-8+. The van der Waals surface area contributed by atoms with Gasteiger partial charge in [-0.05, 0) is 19.3 Å². The molecule has 0 bridgehead atoms. The molecule has 0 radical (unpaired) electrons. The molecule has 10 heavy (non-hydrogen) atoms. The fourth-order valence-corrected chi connectivity index (χ4v) is 1.35. The molecule has 0 aliphatic heterocycles. The van der Waals surface area contributed by atoms with Crippen LogP contribution in [0.15, 0.2) is 4.99 Å². The van der Waals surface area contributed by atoms with Gasteiger partial charge in [-0.1, -0.05) is 0 Å². The first-order valence-corrected chi connectivity index (χ1v) is 3.71. The summed E-state index contributed by atoms with van der Waals surface area (Å²) < 4.78 is 0. The molecule has 0 amide bonds. The summed E-state index contributed by atoms with van der Waals surface area (Å²) in [6.07, 6.45) is 4.22. The van der Waals surface area contributed by atoms with Crippen LogP contribution >= 0.6 is 0 Å². The smallest absolute Gasteiger partial charge is 0.0659 e. The summed E-state index contributed by atoms with van der Waals surface area (Å²) in [7, 11) is 1.81. The number of hydrogen-bond acceptors (Lipinski definition) is 2. The highest BCUT2D eigenvalue weighted by Gasteiger charge is 2.16. The highest BCUT2D eigenvalue weighted by Crippen LogP contribution is 2.20. The van der Waals surface area contributed by atoms with Gasteiger partial charge in [-0.3, -0.25) is 4.99 Å². The van der Waals surface area contributed by atoms with Gasteiger partial charge in [0, 0.05) is 19.2 Å². The summed E-state index contributed by atoms with van der Waals surface area (Å²) in [6.45, 7) is 0. The van der Waals surface area contributed by atoms with Crippen LogP contribution in [0.3, 0.4) is 0 Å². The maximum Gasteiger partial charge on any atom is 0.0659 e. The molecule has 1 aliphatic carbocycles. The minimum atomic E-state index is 0.243. The topological polar surface area (TPSA) is 36.1 Å². The van der Waals surface area contributed by atoms with Gasteiger partial charge in [0.05, 0.1) is 12.0 Å². The third-order valence-corrected chi connectivity index (χ3v) is 2.00. The summed E-state index contributed by atoms with van der Waals surface area (Å²) in [5.74, 6) is 0.243. The van der Waals surface area contributed by atoms with Crippen LogP contribution in [0.5, 0.6) is 0 Å². The number of aliphatic imine (C=N–C) groups is 1. The van der Waals surface area contributed by atoms with Crippen molar-refractivity contribution in [3.8, 4) is 6.07 Å². The van der Waals surface area contributed by atoms with Crippen LogP contribution in [0.1, 0.15) is 25.7 Å². The normalized spacial score (nSPS) is 30.0.